The number of rotatable bonds is 37. The molecular formula is C79H107NO14. The zero-order valence-electron chi connectivity index (χ0n) is 59.0. The van der Waals surface area contributed by atoms with Gasteiger partial charge in [0.2, 0.25) is 0 Å². The van der Waals surface area contributed by atoms with Gasteiger partial charge in [0, 0.05) is 66.8 Å². The molecule has 0 amide bonds. The summed E-state index contributed by atoms with van der Waals surface area (Å²) in [5.74, 6) is 2.60. The van der Waals surface area contributed by atoms with Crippen molar-refractivity contribution in [2.75, 3.05) is 160 Å². The van der Waals surface area contributed by atoms with Gasteiger partial charge in [-0.15, -0.1) is 0 Å². The molecule has 94 heavy (non-hydrogen) atoms. The normalized spacial score (nSPS) is 11.0. The highest BCUT2D eigenvalue weighted by Gasteiger charge is 2.15. The first kappa shape index (κ1) is 77.7. The predicted molar refractivity (Wildman–Crippen MR) is 381 cm³/mol. The zero-order valence-corrected chi connectivity index (χ0v) is 59.0. The Labute approximate surface area is 561 Å². The molecule has 8 aromatic rings. The van der Waals surface area contributed by atoms with Crippen LogP contribution in [0.15, 0.2) is 133 Å². The lowest BCUT2D eigenvalue weighted by molar-refractivity contribution is 0.0602. The maximum atomic E-state index is 5.68. The van der Waals surface area contributed by atoms with Gasteiger partial charge in [0.1, 0.15) is 37.1 Å². The molecule has 0 radical (unpaired) electrons. The second-order valence-corrected chi connectivity index (χ2v) is 22.9. The lowest BCUT2D eigenvalue weighted by atomic mass is 9.90. The fourth-order valence-electron chi connectivity index (χ4n) is 10.1. The average Bonchev–Trinajstić information content (AvgIpc) is 0.762. The first-order valence-corrected chi connectivity index (χ1v) is 32.5. The van der Waals surface area contributed by atoms with E-state index in [0.717, 1.165) is 58.3 Å². The monoisotopic (exact) mass is 1290 g/mol. The van der Waals surface area contributed by atoms with E-state index in [0.29, 0.717) is 119 Å². The van der Waals surface area contributed by atoms with Crippen LogP contribution >= 0.6 is 0 Å². The molecule has 0 N–H and O–H groups in total. The number of ether oxygens (including phenoxy) is 14. The van der Waals surface area contributed by atoms with Crippen LogP contribution in [0.5, 0.6) is 17.2 Å². The highest BCUT2D eigenvalue weighted by molar-refractivity contribution is 6.05. The lowest BCUT2D eigenvalue weighted by Crippen LogP contribution is -2.10. The second kappa shape index (κ2) is 44.7. The van der Waals surface area contributed by atoms with Crippen LogP contribution in [0.25, 0.3) is 21.5 Å². The highest BCUT2D eigenvalue weighted by atomic mass is 16.5. The van der Waals surface area contributed by atoms with E-state index in [4.69, 9.17) is 66.3 Å². The summed E-state index contributed by atoms with van der Waals surface area (Å²) < 4.78 is 74.3. The maximum absolute atomic E-state index is 5.68. The van der Waals surface area contributed by atoms with Crippen molar-refractivity contribution in [3.8, 4) is 17.2 Å². The first-order chi connectivity index (χ1) is 45.7. The Morgan fingerprint density at radius 1 is 0.277 bits per heavy atom. The Morgan fingerprint density at radius 2 is 0.606 bits per heavy atom. The van der Waals surface area contributed by atoms with Gasteiger partial charge >= 0.3 is 0 Å². The molecule has 512 valence electrons. The number of nitrogens with zero attached hydrogens (tertiary/aromatic N) is 1. The minimum absolute atomic E-state index is 0.551. The summed E-state index contributed by atoms with van der Waals surface area (Å²) in [6, 6.07) is 47.3. The van der Waals surface area contributed by atoms with Crippen LogP contribution in [0.1, 0.15) is 66.8 Å². The number of methoxy groups -OCH3 is 7. The van der Waals surface area contributed by atoms with Crippen LogP contribution in [-0.4, -0.2) is 155 Å². The van der Waals surface area contributed by atoms with Crippen molar-refractivity contribution in [2.24, 2.45) is 0 Å². The van der Waals surface area contributed by atoms with Crippen molar-refractivity contribution in [3.63, 3.8) is 0 Å². The molecule has 0 aliphatic carbocycles. The molecule has 0 unspecified atom stereocenters. The van der Waals surface area contributed by atoms with Crippen LogP contribution < -0.4 is 19.1 Å². The van der Waals surface area contributed by atoms with Gasteiger partial charge in [0.15, 0.2) is 0 Å². The van der Waals surface area contributed by atoms with E-state index in [1.54, 1.807) is 49.8 Å². The third kappa shape index (κ3) is 26.7. The SMILES string of the molecule is COCCOCCc1ccc2c(C)c3ccc(CCOCCOC)cc3c(C)c2c1.COCCOCc1cc(C)c(COCCOC)cc1C.COCCOc1cc(C)c(OCCOC)cc1C.COCCOc1ccc(N(c2ccc(C)cc2)c2ccc(C)cc2)cc1. The molecule has 0 atom stereocenters. The molecule has 0 aliphatic rings. The first-order valence-electron chi connectivity index (χ1n) is 32.5. The Morgan fingerprint density at radius 3 is 0.979 bits per heavy atom. The molecule has 0 aromatic heterocycles. The van der Waals surface area contributed by atoms with E-state index in [1.165, 1.54) is 77.2 Å². The number of hydrogen-bond acceptors (Lipinski definition) is 15. The van der Waals surface area contributed by atoms with Crippen molar-refractivity contribution in [1.82, 2.24) is 0 Å². The Balaban J connectivity index is 0.000000232. The largest absolute Gasteiger partial charge is 0.491 e. The number of benzene rings is 8. The average molecular weight is 1290 g/mol. The molecule has 15 nitrogen and oxygen atoms in total. The number of hydrogen-bond donors (Lipinski definition) is 0. The number of fused-ring (bicyclic) bond motifs is 2. The van der Waals surface area contributed by atoms with Crippen molar-refractivity contribution in [2.45, 2.75) is 81.4 Å². The zero-order chi connectivity index (χ0) is 67.9. The Kier molecular flexibility index (Phi) is 36.9. The third-order valence-electron chi connectivity index (χ3n) is 15.7. The van der Waals surface area contributed by atoms with Gasteiger partial charge in [-0.2, -0.15) is 0 Å². The minimum Gasteiger partial charge on any atom is -0.491 e. The van der Waals surface area contributed by atoms with E-state index in [9.17, 15) is 0 Å². The molecule has 0 saturated carbocycles. The predicted octanol–water partition coefficient (Wildman–Crippen LogP) is 15.8. The molecular weight excluding hydrogens is 1190 g/mol. The van der Waals surface area contributed by atoms with Gasteiger partial charge < -0.3 is 71.2 Å². The molecule has 8 aromatic carbocycles. The minimum atomic E-state index is 0.551. The molecule has 0 saturated heterocycles. The summed E-state index contributed by atoms with van der Waals surface area (Å²) in [4.78, 5) is 2.25. The molecule has 15 heteroatoms. The van der Waals surface area contributed by atoms with Crippen LogP contribution in [-0.2, 0) is 78.2 Å². The smallest absolute Gasteiger partial charge is 0.122 e. The summed E-state index contributed by atoms with van der Waals surface area (Å²) >= 11 is 0. The lowest BCUT2D eigenvalue weighted by Gasteiger charge is -2.26. The van der Waals surface area contributed by atoms with Crippen LogP contribution in [0.3, 0.4) is 0 Å². The Bertz CT molecular complexity index is 3200. The van der Waals surface area contributed by atoms with Crippen molar-refractivity contribution in [3.05, 3.63) is 200 Å². The molecule has 0 heterocycles. The van der Waals surface area contributed by atoms with Crippen molar-refractivity contribution >= 4 is 38.6 Å². The van der Waals surface area contributed by atoms with Crippen LogP contribution in [0.2, 0.25) is 0 Å². The number of anilines is 3. The maximum Gasteiger partial charge on any atom is 0.122 e. The highest BCUT2D eigenvalue weighted by Crippen LogP contribution is 2.37. The van der Waals surface area contributed by atoms with Gasteiger partial charge in [-0.3, -0.25) is 0 Å². The molecule has 0 bridgehead atoms. The van der Waals surface area contributed by atoms with Gasteiger partial charge in [-0.25, -0.2) is 0 Å². The Hall–Kier alpha value is -6.96. The quantitative estimate of drug-likeness (QED) is 0.0270. The van der Waals surface area contributed by atoms with E-state index in [-0.39, 0.29) is 0 Å². The molecule has 0 spiro atoms. The van der Waals surface area contributed by atoms with E-state index in [1.807, 2.05) is 38.1 Å². The van der Waals surface area contributed by atoms with E-state index < -0.39 is 0 Å². The molecule has 0 aliphatic heterocycles. The fourth-order valence-corrected chi connectivity index (χ4v) is 10.1. The van der Waals surface area contributed by atoms with Crippen LogP contribution in [0.4, 0.5) is 17.1 Å². The van der Waals surface area contributed by atoms with Crippen molar-refractivity contribution < 1.29 is 66.3 Å². The fraction of sp³-hybridized carbons (Fsp3) is 0.443. The summed E-state index contributed by atoms with van der Waals surface area (Å²) in [5.41, 5.74) is 18.2. The summed E-state index contributed by atoms with van der Waals surface area (Å²) in [7, 11) is 11.7. The second-order valence-electron chi connectivity index (χ2n) is 22.9. The standard InChI is InChI=1S/C26H34O4.C23H25NO2.C16H26O4.C14H22O4/c1-19-23-7-5-21(9-11-29-15-13-27-3)17-25(23)20(2)26-18-22(6-8-24(19)26)10-12-30-16-14-28-4;1-18-4-8-20(9-5-18)24(21-10-6-19(2)7-11-21)22-12-14-23(15-13-22)26-17-16-25-3;1-13-9-16(12-20-8-6-18-4)14(2)10-15(13)11-19-7-5-17-3;1-11-9-14(18-8-6-16-4)12(2)10-13(11)17-7-5-15-3/h5-8,17-18H,9-16H2,1-4H3;4-15H,16-17H2,1-3H3;9-10H,5-8,11-12H2,1-4H3;9-10H,5-8H2,1-4H3. The molecule has 0 fully saturated rings. The molecule has 8 rings (SSSR count). The van der Waals surface area contributed by atoms with Gasteiger partial charge in [0.25, 0.3) is 0 Å². The van der Waals surface area contributed by atoms with E-state index >= 15 is 0 Å². The number of aryl methyl sites for hydroxylation is 8. The third-order valence-corrected chi connectivity index (χ3v) is 15.7. The van der Waals surface area contributed by atoms with Gasteiger partial charge in [-0.05, 0) is 206 Å². The van der Waals surface area contributed by atoms with Gasteiger partial charge in [0.05, 0.1) is 99.1 Å². The van der Waals surface area contributed by atoms with Gasteiger partial charge in [-0.1, -0.05) is 83.9 Å². The summed E-state index contributed by atoms with van der Waals surface area (Å²) in [6.07, 6.45) is 1.82. The van der Waals surface area contributed by atoms with E-state index in [2.05, 4.69) is 156 Å². The van der Waals surface area contributed by atoms with Crippen LogP contribution in [0, 0.1) is 55.4 Å². The summed E-state index contributed by atoms with van der Waals surface area (Å²) in [6.45, 7) is 28.1. The topological polar surface area (TPSA) is 132 Å². The summed E-state index contributed by atoms with van der Waals surface area (Å²) in [5, 5.41) is 5.34. The van der Waals surface area contributed by atoms with Crippen molar-refractivity contribution in [1.29, 1.82) is 0 Å².